The highest BCUT2D eigenvalue weighted by molar-refractivity contribution is 7.13. The van der Waals surface area contributed by atoms with Gasteiger partial charge in [-0.3, -0.25) is 15.6 Å². The number of nitrogens with one attached hydrogen (secondary N) is 2. The fourth-order valence-electron chi connectivity index (χ4n) is 3.16. The van der Waals surface area contributed by atoms with Gasteiger partial charge in [0.1, 0.15) is 23.3 Å². The average molecular weight is 411 g/mol. The van der Waals surface area contributed by atoms with Crippen LogP contribution >= 0.6 is 11.3 Å². The van der Waals surface area contributed by atoms with Crippen LogP contribution in [0, 0.1) is 0 Å². The molecule has 4 heterocycles. The molecule has 1 aliphatic heterocycles. The van der Waals surface area contributed by atoms with E-state index in [4.69, 9.17) is 4.74 Å². The van der Waals surface area contributed by atoms with Gasteiger partial charge in [-0.05, 0) is 44.6 Å². The van der Waals surface area contributed by atoms with Crippen LogP contribution < -0.4 is 15.4 Å². The average Bonchev–Trinajstić information content (AvgIpc) is 3.36. The summed E-state index contributed by atoms with van der Waals surface area (Å²) < 4.78 is 5.81. The van der Waals surface area contributed by atoms with Crippen molar-refractivity contribution in [2.75, 3.05) is 30.8 Å². The Morgan fingerprint density at radius 3 is 2.83 bits per heavy atom. The second-order valence-corrected chi connectivity index (χ2v) is 7.66. The minimum Gasteiger partial charge on any atom is -0.476 e. The van der Waals surface area contributed by atoms with E-state index in [2.05, 4.69) is 37.5 Å². The molecule has 0 bridgehead atoms. The van der Waals surface area contributed by atoms with Crippen LogP contribution in [0.1, 0.15) is 12.8 Å². The number of pyridine rings is 2. The first-order chi connectivity index (χ1) is 14.2. The molecule has 0 unspecified atom stereocenters. The molecule has 2 amide bonds. The van der Waals surface area contributed by atoms with Crippen molar-refractivity contribution < 1.29 is 9.53 Å². The molecule has 0 aliphatic carbocycles. The molecule has 1 saturated heterocycles. The van der Waals surface area contributed by atoms with Gasteiger partial charge in [0.25, 0.3) is 0 Å². The molecule has 0 aromatic carbocycles. The van der Waals surface area contributed by atoms with Gasteiger partial charge in [0.15, 0.2) is 0 Å². The number of aromatic nitrogens is 3. The number of likely N-dealkylation sites (tertiary alicyclic amines) is 1. The van der Waals surface area contributed by atoms with Crippen molar-refractivity contribution in [3.63, 3.8) is 0 Å². The van der Waals surface area contributed by atoms with E-state index in [0.717, 1.165) is 23.5 Å². The lowest BCUT2D eigenvalue weighted by molar-refractivity contribution is 0.193. The minimum absolute atomic E-state index is 0.406. The van der Waals surface area contributed by atoms with Gasteiger partial charge >= 0.3 is 6.03 Å². The van der Waals surface area contributed by atoms with Gasteiger partial charge in [-0.15, -0.1) is 11.3 Å². The lowest BCUT2D eigenvalue weighted by Crippen LogP contribution is -2.30. The third kappa shape index (κ3) is 5.07. The van der Waals surface area contributed by atoms with E-state index in [1.54, 1.807) is 36.0 Å². The Morgan fingerprint density at radius 2 is 2.03 bits per heavy atom. The molecule has 29 heavy (non-hydrogen) atoms. The zero-order valence-electron chi connectivity index (χ0n) is 16.0. The molecule has 150 valence electrons. The van der Waals surface area contributed by atoms with E-state index in [0.29, 0.717) is 30.2 Å². The van der Waals surface area contributed by atoms with Crippen molar-refractivity contribution in [3.05, 3.63) is 48.1 Å². The van der Waals surface area contributed by atoms with Gasteiger partial charge in [-0.2, -0.15) is 4.98 Å². The van der Waals surface area contributed by atoms with Crippen LogP contribution in [-0.2, 0) is 0 Å². The Morgan fingerprint density at radius 1 is 1.21 bits per heavy atom. The fraction of sp³-hybridized carbons (Fsp3) is 0.300. The highest BCUT2D eigenvalue weighted by Gasteiger charge is 2.21. The number of ether oxygens (including phenoxy) is 1. The van der Waals surface area contributed by atoms with Gasteiger partial charge in [-0.25, -0.2) is 9.78 Å². The Hall–Kier alpha value is -3.04. The zero-order valence-corrected chi connectivity index (χ0v) is 16.9. The van der Waals surface area contributed by atoms with Gasteiger partial charge < -0.3 is 9.64 Å². The number of hydrogen-bond acceptors (Lipinski definition) is 7. The first-order valence-corrected chi connectivity index (χ1v) is 10.3. The number of rotatable bonds is 6. The molecule has 2 N–H and O–H groups in total. The van der Waals surface area contributed by atoms with Gasteiger partial charge in [0.2, 0.25) is 5.88 Å². The number of hydrogen-bond donors (Lipinski definition) is 2. The first-order valence-electron chi connectivity index (χ1n) is 9.41. The molecule has 3 aromatic rings. The Labute approximate surface area is 173 Å². The number of carbonyl (C=O) groups is 1. The second kappa shape index (κ2) is 8.97. The fourth-order valence-corrected chi connectivity index (χ4v) is 3.92. The zero-order chi connectivity index (χ0) is 20.1. The number of likely N-dealkylation sites (N-methyl/N-ethyl adjacent to an activating group) is 1. The predicted molar refractivity (Wildman–Crippen MR) is 113 cm³/mol. The third-order valence-corrected chi connectivity index (χ3v) is 5.62. The van der Waals surface area contributed by atoms with Crippen LogP contribution in [0.5, 0.6) is 5.88 Å². The summed E-state index contributed by atoms with van der Waals surface area (Å²) in [6, 6.07) is 9.08. The lowest BCUT2D eigenvalue weighted by Gasteiger charge is -2.19. The van der Waals surface area contributed by atoms with E-state index < -0.39 is 6.03 Å². The highest BCUT2D eigenvalue weighted by Crippen LogP contribution is 2.25. The maximum Gasteiger partial charge on any atom is 0.326 e. The molecule has 0 spiro atoms. The van der Waals surface area contributed by atoms with Crippen molar-refractivity contribution in [3.8, 4) is 16.5 Å². The Balaban J connectivity index is 1.32. The topological polar surface area (TPSA) is 92.3 Å². The van der Waals surface area contributed by atoms with Gasteiger partial charge in [-0.1, -0.05) is 6.07 Å². The van der Waals surface area contributed by atoms with E-state index in [-0.39, 0.29) is 0 Å². The van der Waals surface area contributed by atoms with Gasteiger partial charge in [0, 0.05) is 35.4 Å². The minimum atomic E-state index is -0.406. The highest BCUT2D eigenvalue weighted by atomic mass is 32.1. The van der Waals surface area contributed by atoms with Crippen molar-refractivity contribution in [2.45, 2.75) is 18.9 Å². The molecule has 0 saturated carbocycles. The van der Waals surface area contributed by atoms with E-state index in [1.165, 1.54) is 17.8 Å². The quantitative estimate of drug-likeness (QED) is 0.643. The first kappa shape index (κ1) is 19.3. The van der Waals surface area contributed by atoms with Crippen LogP contribution in [-0.4, -0.2) is 52.1 Å². The van der Waals surface area contributed by atoms with Crippen LogP contribution in [0.3, 0.4) is 0 Å². The monoisotopic (exact) mass is 410 g/mol. The van der Waals surface area contributed by atoms with Crippen molar-refractivity contribution >= 4 is 29.0 Å². The maximum atomic E-state index is 12.3. The van der Waals surface area contributed by atoms with Crippen molar-refractivity contribution in [2.24, 2.45) is 0 Å². The molecule has 8 nitrogen and oxygen atoms in total. The summed E-state index contributed by atoms with van der Waals surface area (Å²) in [6.07, 6.45) is 5.75. The molecule has 9 heteroatoms. The van der Waals surface area contributed by atoms with Gasteiger partial charge in [0.05, 0.1) is 0 Å². The summed E-state index contributed by atoms with van der Waals surface area (Å²) in [4.78, 5) is 27.4. The molecule has 3 aromatic heterocycles. The molecular weight excluding hydrogens is 388 g/mol. The summed E-state index contributed by atoms with van der Waals surface area (Å²) in [7, 11) is 2.11. The van der Waals surface area contributed by atoms with Crippen LogP contribution in [0.25, 0.3) is 10.6 Å². The normalized spacial score (nSPS) is 16.5. The van der Waals surface area contributed by atoms with E-state index >= 15 is 0 Å². The smallest absolute Gasteiger partial charge is 0.326 e. The molecule has 1 aliphatic rings. The molecule has 1 fully saturated rings. The number of carbonyl (C=O) groups excluding carboxylic acids is 1. The Bertz CT molecular complexity index is 964. The largest absolute Gasteiger partial charge is 0.476 e. The second-order valence-electron chi connectivity index (χ2n) is 6.80. The number of amides is 2. The summed E-state index contributed by atoms with van der Waals surface area (Å²) in [6.45, 7) is 1.69. The lowest BCUT2D eigenvalue weighted by atomic mass is 10.2. The number of urea groups is 1. The standard InChI is InChI=1S/C20H22N6O2S/c1-26-11-3-4-15(26)12-28-18-6-2-5-16(22-18)24-20(27)25-17-13-29-19(23-17)14-7-9-21-10-8-14/h2,5-10,13,15H,3-4,11-12H2,1H3,(H2,22,24,25,27)/t15-/m1/s1. The summed E-state index contributed by atoms with van der Waals surface area (Å²) in [5, 5.41) is 8.05. The summed E-state index contributed by atoms with van der Waals surface area (Å²) in [5.74, 6) is 1.40. The number of thiazole rings is 1. The van der Waals surface area contributed by atoms with E-state index in [9.17, 15) is 4.79 Å². The molecule has 0 radical (unpaired) electrons. The third-order valence-electron chi connectivity index (χ3n) is 4.73. The number of nitrogens with zero attached hydrogens (tertiary/aromatic N) is 4. The molecule has 1 atom stereocenters. The van der Waals surface area contributed by atoms with Crippen LogP contribution in [0.2, 0.25) is 0 Å². The SMILES string of the molecule is CN1CCC[C@@H]1COc1cccc(NC(=O)Nc2csc(-c3ccncc3)n2)n1. The van der Waals surface area contributed by atoms with E-state index in [1.807, 2.05) is 12.1 Å². The van der Waals surface area contributed by atoms with Crippen molar-refractivity contribution in [1.82, 2.24) is 19.9 Å². The van der Waals surface area contributed by atoms with Crippen LogP contribution in [0.4, 0.5) is 16.4 Å². The molecular formula is C20H22N6O2S. The summed E-state index contributed by atoms with van der Waals surface area (Å²) in [5.41, 5.74) is 0.956. The Kier molecular flexibility index (Phi) is 5.97. The number of anilines is 2. The molecule has 4 rings (SSSR count). The van der Waals surface area contributed by atoms with Crippen LogP contribution in [0.15, 0.2) is 48.1 Å². The summed E-state index contributed by atoms with van der Waals surface area (Å²) >= 11 is 1.45. The maximum absolute atomic E-state index is 12.3. The van der Waals surface area contributed by atoms with Crippen molar-refractivity contribution in [1.29, 1.82) is 0 Å². The predicted octanol–water partition coefficient (Wildman–Crippen LogP) is 3.72.